The van der Waals surface area contributed by atoms with Crippen LogP contribution in [0.15, 0.2) is 36.7 Å². The van der Waals surface area contributed by atoms with Gasteiger partial charge in [0.05, 0.1) is 12.7 Å². The Hall–Kier alpha value is -2.63. The molecule has 1 heterocycles. The quantitative estimate of drug-likeness (QED) is 0.746. The van der Waals surface area contributed by atoms with Crippen LogP contribution < -0.4 is 10.2 Å². The largest absolute Gasteiger partial charge is 0.465 e. The van der Waals surface area contributed by atoms with Gasteiger partial charge in [-0.3, -0.25) is 0 Å². The molecule has 24 heavy (non-hydrogen) atoms. The minimum atomic E-state index is -0.347. The average Bonchev–Trinajstić information content (AvgIpc) is 2.62. The van der Waals surface area contributed by atoms with E-state index in [9.17, 15) is 4.79 Å². The number of carbonyl (C=O) groups excluding carboxylic acids is 1. The molecule has 6 nitrogen and oxygen atoms in total. The zero-order valence-corrected chi connectivity index (χ0v) is 14.5. The first-order valence-corrected chi connectivity index (χ1v) is 8.20. The van der Waals surface area contributed by atoms with Gasteiger partial charge in [-0.05, 0) is 37.1 Å². The van der Waals surface area contributed by atoms with Gasteiger partial charge in [0.1, 0.15) is 18.0 Å². The van der Waals surface area contributed by atoms with Gasteiger partial charge in [0.25, 0.3) is 0 Å². The lowest BCUT2D eigenvalue weighted by molar-refractivity contribution is 0.0601. The van der Waals surface area contributed by atoms with E-state index < -0.39 is 0 Å². The number of hydrogen-bond donors (Lipinski definition) is 1. The van der Waals surface area contributed by atoms with Gasteiger partial charge in [0, 0.05) is 24.8 Å². The molecule has 0 fully saturated rings. The van der Waals surface area contributed by atoms with Crippen molar-refractivity contribution in [1.29, 1.82) is 0 Å². The summed E-state index contributed by atoms with van der Waals surface area (Å²) in [5.74, 6) is 1.30. The lowest BCUT2D eigenvalue weighted by Gasteiger charge is -2.22. The SMILES string of the molecule is CCCN(CCC)c1cc(Nc2ccc(C(=O)OC)cc2)ncn1. The van der Waals surface area contributed by atoms with Crippen molar-refractivity contribution in [2.45, 2.75) is 26.7 Å². The molecule has 1 aromatic carbocycles. The maximum Gasteiger partial charge on any atom is 0.337 e. The number of esters is 1. The van der Waals surface area contributed by atoms with Gasteiger partial charge in [-0.15, -0.1) is 0 Å². The van der Waals surface area contributed by atoms with Gasteiger partial charge in [-0.1, -0.05) is 13.8 Å². The molecule has 0 bridgehead atoms. The molecule has 0 aliphatic heterocycles. The van der Waals surface area contributed by atoms with Crippen molar-refractivity contribution in [3.63, 3.8) is 0 Å². The van der Waals surface area contributed by atoms with Gasteiger partial charge in [-0.2, -0.15) is 0 Å². The standard InChI is InChI=1S/C18H24N4O2/c1-4-10-22(11-5-2)17-12-16(19-13-20-17)21-15-8-6-14(7-9-15)18(23)24-3/h6-9,12-13H,4-5,10-11H2,1-3H3,(H,19,20,21). The molecule has 0 radical (unpaired) electrons. The highest BCUT2D eigenvalue weighted by Gasteiger charge is 2.08. The summed E-state index contributed by atoms with van der Waals surface area (Å²) in [7, 11) is 1.37. The molecule has 0 spiro atoms. The van der Waals surface area contributed by atoms with Crippen LogP contribution in [0.2, 0.25) is 0 Å². The molecule has 2 aromatic rings. The second kappa shape index (κ2) is 8.86. The summed E-state index contributed by atoms with van der Waals surface area (Å²) in [5, 5.41) is 3.24. The number of rotatable bonds is 8. The van der Waals surface area contributed by atoms with Crippen LogP contribution >= 0.6 is 0 Å². The van der Waals surface area contributed by atoms with Crippen LogP contribution in [0.25, 0.3) is 0 Å². The van der Waals surface area contributed by atoms with E-state index in [4.69, 9.17) is 4.74 Å². The Bertz CT molecular complexity index is 652. The minimum Gasteiger partial charge on any atom is -0.465 e. The molecule has 0 saturated heterocycles. The van der Waals surface area contributed by atoms with Crippen molar-refractivity contribution < 1.29 is 9.53 Å². The molecule has 0 amide bonds. The topological polar surface area (TPSA) is 67.4 Å². The Morgan fingerprint density at radius 1 is 1.12 bits per heavy atom. The number of carbonyl (C=O) groups is 1. The van der Waals surface area contributed by atoms with Crippen molar-refractivity contribution in [2.75, 3.05) is 30.4 Å². The molecule has 0 saturated carbocycles. The fourth-order valence-corrected chi connectivity index (χ4v) is 2.42. The number of aromatic nitrogens is 2. The van der Waals surface area contributed by atoms with E-state index in [1.807, 2.05) is 18.2 Å². The van der Waals surface area contributed by atoms with Gasteiger partial charge < -0.3 is 15.0 Å². The third kappa shape index (κ3) is 4.68. The summed E-state index contributed by atoms with van der Waals surface area (Å²) in [6.07, 6.45) is 3.71. The summed E-state index contributed by atoms with van der Waals surface area (Å²) in [5.41, 5.74) is 1.37. The number of ether oxygens (including phenoxy) is 1. The summed E-state index contributed by atoms with van der Waals surface area (Å²) in [4.78, 5) is 22.4. The molecular weight excluding hydrogens is 304 g/mol. The lowest BCUT2D eigenvalue weighted by atomic mass is 10.2. The summed E-state index contributed by atoms with van der Waals surface area (Å²) < 4.78 is 4.70. The first-order chi connectivity index (χ1) is 11.7. The summed E-state index contributed by atoms with van der Waals surface area (Å²) in [6.45, 7) is 6.26. The van der Waals surface area contributed by atoms with Crippen molar-refractivity contribution in [3.8, 4) is 0 Å². The average molecular weight is 328 g/mol. The molecular formula is C18H24N4O2. The van der Waals surface area contributed by atoms with Gasteiger partial charge in [-0.25, -0.2) is 14.8 Å². The minimum absolute atomic E-state index is 0.347. The summed E-state index contributed by atoms with van der Waals surface area (Å²) in [6, 6.07) is 9.03. The second-order valence-corrected chi connectivity index (χ2v) is 5.44. The third-order valence-corrected chi connectivity index (χ3v) is 3.54. The van der Waals surface area contributed by atoms with E-state index in [1.165, 1.54) is 7.11 Å². The molecule has 0 aliphatic rings. The van der Waals surface area contributed by atoms with E-state index in [0.717, 1.165) is 43.3 Å². The van der Waals surface area contributed by atoms with Crippen molar-refractivity contribution >= 4 is 23.3 Å². The number of hydrogen-bond acceptors (Lipinski definition) is 6. The van der Waals surface area contributed by atoms with E-state index in [-0.39, 0.29) is 5.97 Å². The number of benzene rings is 1. The molecule has 128 valence electrons. The summed E-state index contributed by atoms with van der Waals surface area (Å²) >= 11 is 0. The van der Waals surface area contributed by atoms with Crippen LogP contribution in [-0.2, 0) is 4.74 Å². The third-order valence-electron chi connectivity index (χ3n) is 3.54. The smallest absolute Gasteiger partial charge is 0.337 e. The van der Waals surface area contributed by atoms with Crippen LogP contribution in [0.4, 0.5) is 17.3 Å². The lowest BCUT2D eigenvalue weighted by Crippen LogP contribution is -2.25. The fraction of sp³-hybridized carbons (Fsp3) is 0.389. The maximum atomic E-state index is 11.5. The molecule has 0 atom stereocenters. The van der Waals surface area contributed by atoms with Crippen LogP contribution in [0.5, 0.6) is 0 Å². The molecule has 1 N–H and O–H groups in total. The number of anilines is 3. The number of methoxy groups -OCH3 is 1. The molecule has 0 unspecified atom stereocenters. The Morgan fingerprint density at radius 3 is 2.38 bits per heavy atom. The first-order valence-electron chi connectivity index (χ1n) is 8.20. The monoisotopic (exact) mass is 328 g/mol. The van der Waals surface area contributed by atoms with Crippen molar-refractivity contribution in [1.82, 2.24) is 9.97 Å². The predicted octanol–water partition coefficient (Wildman–Crippen LogP) is 3.63. The van der Waals surface area contributed by atoms with Crippen LogP contribution in [0.3, 0.4) is 0 Å². The van der Waals surface area contributed by atoms with Crippen molar-refractivity contribution in [2.24, 2.45) is 0 Å². The maximum absolute atomic E-state index is 11.5. The van der Waals surface area contributed by atoms with Crippen LogP contribution in [0.1, 0.15) is 37.0 Å². The highest BCUT2D eigenvalue weighted by atomic mass is 16.5. The van der Waals surface area contributed by atoms with Crippen LogP contribution in [-0.4, -0.2) is 36.1 Å². The normalized spacial score (nSPS) is 10.3. The van der Waals surface area contributed by atoms with Crippen molar-refractivity contribution in [3.05, 3.63) is 42.2 Å². The van der Waals surface area contributed by atoms with Crippen LogP contribution in [0, 0.1) is 0 Å². The number of nitrogens with one attached hydrogen (secondary N) is 1. The highest BCUT2D eigenvalue weighted by Crippen LogP contribution is 2.19. The zero-order chi connectivity index (χ0) is 17.4. The van der Waals surface area contributed by atoms with E-state index >= 15 is 0 Å². The Morgan fingerprint density at radius 2 is 1.79 bits per heavy atom. The zero-order valence-electron chi connectivity index (χ0n) is 14.5. The Balaban J connectivity index is 2.12. The molecule has 6 heteroatoms. The Labute approximate surface area is 142 Å². The Kier molecular flexibility index (Phi) is 6.54. The molecule has 1 aromatic heterocycles. The van der Waals surface area contributed by atoms with E-state index in [2.05, 4.69) is 34.0 Å². The number of nitrogens with zero attached hydrogens (tertiary/aromatic N) is 3. The van der Waals surface area contributed by atoms with Gasteiger partial charge in [0.15, 0.2) is 0 Å². The van der Waals surface area contributed by atoms with Gasteiger partial charge in [0.2, 0.25) is 0 Å². The fourth-order valence-electron chi connectivity index (χ4n) is 2.42. The van der Waals surface area contributed by atoms with E-state index in [1.54, 1.807) is 18.5 Å². The van der Waals surface area contributed by atoms with E-state index in [0.29, 0.717) is 5.56 Å². The highest BCUT2D eigenvalue weighted by molar-refractivity contribution is 5.89. The second-order valence-electron chi connectivity index (χ2n) is 5.44. The molecule has 2 rings (SSSR count). The molecule has 0 aliphatic carbocycles. The first kappa shape index (κ1) is 17.7. The predicted molar refractivity (Wildman–Crippen MR) is 95.9 cm³/mol. The van der Waals surface area contributed by atoms with Gasteiger partial charge >= 0.3 is 5.97 Å².